The number of hydrogen-bond acceptors (Lipinski definition) is 5. The summed E-state index contributed by atoms with van der Waals surface area (Å²) in [4.78, 5) is 21.8. The first kappa shape index (κ1) is 23.7. The molecule has 0 aliphatic rings. The maximum absolute atomic E-state index is 12.5. The summed E-state index contributed by atoms with van der Waals surface area (Å²) in [6.07, 6.45) is 4.64. The highest BCUT2D eigenvalue weighted by Gasteiger charge is 2.19. The van der Waals surface area contributed by atoms with E-state index in [2.05, 4.69) is 14.3 Å². The molecule has 0 bridgehead atoms. The average Bonchev–Trinajstić information content (AvgIpc) is 3.54. The zero-order chi connectivity index (χ0) is 26.8. The van der Waals surface area contributed by atoms with E-state index in [4.69, 9.17) is 4.98 Å². The molecule has 0 saturated heterocycles. The van der Waals surface area contributed by atoms with Gasteiger partial charge in [0.25, 0.3) is 0 Å². The van der Waals surface area contributed by atoms with Crippen LogP contribution in [-0.2, 0) is 31.2 Å². The second kappa shape index (κ2) is 8.45. The largest absolute Gasteiger partial charge is 0.331 e. The smallest absolute Gasteiger partial charge is 0.328 e. The molecule has 6 aromatic rings. The number of rotatable bonds is 5. The van der Waals surface area contributed by atoms with Gasteiger partial charge in [0, 0.05) is 32.5 Å². The lowest BCUT2D eigenvalue weighted by atomic mass is 10.0. The van der Waals surface area contributed by atoms with E-state index < -0.39 is 10.0 Å². The lowest BCUT2D eigenvalue weighted by Gasteiger charge is -2.11. The molecular weight excluding hydrogens is 502 g/mol. The van der Waals surface area contributed by atoms with Gasteiger partial charge in [-0.15, -0.1) is 0 Å². The molecule has 0 saturated carbocycles. The van der Waals surface area contributed by atoms with Gasteiger partial charge in [-0.25, -0.2) is 23.2 Å². The molecule has 3 aromatic carbocycles. The van der Waals surface area contributed by atoms with E-state index in [0.29, 0.717) is 5.69 Å². The number of imidazole rings is 3. The van der Waals surface area contributed by atoms with Crippen LogP contribution in [0.1, 0.15) is 0 Å². The van der Waals surface area contributed by atoms with Crippen molar-refractivity contribution in [3.05, 3.63) is 83.7 Å². The van der Waals surface area contributed by atoms with E-state index >= 15 is 0 Å². The second-order valence-corrected chi connectivity index (χ2v) is 11.1. The molecule has 3 aromatic heterocycles. The van der Waals surface area contributed by atoms with Crippen LogP contribution in [0.4, 0.5) is 5.69 Å². The number of anilines is 1. The van der Waals surface area contributed by atoms with Gasteiger partial charge in [0.15, 0.2) is 5.82 Å². The van der Waals surface area contributed by atoms with Crippen LogP contribution in [0.25, 0.3) is 50.4 Å². The van der Waals surface area contributed by atoms with Gasteiger partial charge < -0.3 is 4.57 Å². The van der Waals surface area contributed by atoms with Crippen molar-refractivity contribution in [2.24, 2.45) is 21.1 Å². The van der Waals surface area contributed by atoms with Crippen LogP contribution in [0.15, 0.2) is 78.0 Å². The molecule has 0 spiro atoms. The maximum atomic E-state index is 12.5. The molecule has 11 heteroatoms. The van der Waals surface area contributed by atoms with Crippen LogP contribution >= 0.6 is 0 Å². The summed E-state index contributed by atoms with van der Waals surface area (Å²) in [6, 6.07) is 19.2. The molecule has 0 amide bonds. The lowest BCUT2D eigenvalue weighted by Crippen LogP contribution is -2.19. The number of nitrogens with zero attached hydrogens (tertiary/aromatic N) is 6. The lowest BCUT2D eigenvalue weighted by molar-refractivity contribution is 0.607. The van der Waals surface area contributed by atoms with E-state index in [1.54, 1.807) is 47.9 Å². The number of nitrogens with one attached hydrogen (secondary N) is 1. The number of aryl methyl sites for hydroxylation is 3. The molecule has 0 atom stereocenters. The summed E-state index contributed by atoms with van der Waals surface area (Å²) in [5.74, 6) is 0.727. The number of aromatic nitrogens is 6. The Labute approximate surface area is 218 Å². The van der Waals surface area contributed by atoms with Crippen LogP contribution in [0, 0.1) is 0 Å². The van der Waals surface area contributed by atoms with Crippen molar-refractivity contribution in [2.75, 3.05) is 11.0 Å². The Morgan fingerprint density at radius 1 is 0.816 bits per heavy atom. The topological polar surface area (TPSA) is 109 Å². The van der Waals surface area contributed by atoms with Gasteiger partial charge >= 0.3 is 5.69 Å². The van der Waals surface area contributed by atoms with Gasteiger partial charge in [-0.1, -0.05) is 18.2 Å². The molecular formula is C27H25N7O3S. The summed E-state index contributed by atoms with van der Waals surface area (Å²) in [6.45, 7) is 0. The van der Waals surface area contributed by atoms with Gasteiger partial charge in [-0.2, -0.15) is 0 Å². The van der Waals surface area contributed by atoms with Crippen LogP contribution in [-0.4, -0.2) is 42.9 Å². The second-order valence-electron chi connectivity index (χ2n) is 9.39. The quantitative estimate of drug-likeness (QED) is 0.368. The zero-order valence-electron chi connectivity index (χ0n) is 21.2. The van der Waals surface area contributed by atoms with Crippen molar-refractivity contribution in [2.45, 2.75) is 0 Å². The van der Waals surface area contributed by atoms with Crippen molar-refractivity contribution in [1.82, 2.24) is 28.2 Å². The highest BCUT2D eigenvalue weighted by atomic mass is 32.2. The van der Waals surface area contributed by atoms with Gasteiger partial charge in [0.1, 0.15) is 5.69 Å². The van der Waals surface area contributed by atoms with Crippen LogP contribution in [0.5, 0.6) is 0 Å². The van der Waals surface area contributed by atoms with Crippen LogP contribution in [0.2, 0.25) is 0 Å². The third-order valence-corrected chi connectivity index (χ3v) is 7.34. The molecule has 0 unspecified atom stereocenters. The molecule has 0 fully saturated rings. The maximum Gasteiger partial charge on any atom is 0.328 e. The van der Waals surface area contributed by atoms with E-state index in [1.807, 2.05) is 60.1 Å². The number of hydrogen-bond donors (Lipinski definition) is 1. The molecule has 6 rings (SSSR count). The predicted octanol–water partition coefficient (Wildman–Crippen LogP) is 3.65. The minimum absolute atomic E-state index is 0.0816. The van der Waals surface area contributed by atoms with Gasteiger partial charge in [-0.05, 0) is 53.6 Å². The molecule has 38 heavy (non-hydrogen) atoms. The highest BCUT2D eigenvalue weighted by molar-refractivity contribution is 7.92. The van der Waals surface area contributed by atoms with Crippen molar-refractivity contribution < 1.29 is 8.42 Å². The normalized spacial score (nSPS) is 12.0. The molecule has 0 aliphatic heterocycles. The Morgan fingerprint density at radius 2 is 1.50 bits per heavy atom. The third kappa shape index (κ3) is 3.88. The number of fused-ring (bicyclic) bond motifs is 2. The number of sulfonamides is 1. The van der Waals surface area contributed by atoms with Crippen molar-refractivity contribution >= 4 is 37.8 Å². The van der Waals surface area contributed by atoms with Crippen LogP contribution in [0.3, 0.4) is 0 Å². The SMILES string of the molecule is Cn1cncc1-c1nc2cc(-c3ccc(NS(C)(=O)=O)cc3)ccc2n1-c1ccc2c(c1)n(C)c(=O)n2C. The first-order valence-electron chi connectivity index (χ1n) is 11.8. The highest BCUT2D eigenvalue weighted by Crippen LogP contribution is 2.32. The Bertz CT molecular complexity index is 2030. The Balaban J connectivity index is 1.53. The zero-order valence-corrected chi connectivity index (χ0v) is 22.1. The van der Waals surface area contributed by atoms with E-state index in [-0.39, 0.29) is 5.69 Å². The summed E-state index contributed by atoms with van der Waals surface area (Å²) in [7, 11) is 2.12. The van der Waals surface area contributed by atoms with Gasteiger partial charge in [-0.3, -0.25) is 18.4 Å². The summed E-state index contributed by atoms with van der Waals surface area (Å²) in [5, 5.41) is 0. The summed E-state index contributed by atoms with van der Waals surface area (Å²) < 4.78 is 32.8. The fourth-order valence-electron chi connectivity index (χ4n) is 4.84. The van der Waals surface area contributed by atoms with Gasteiger partial charge in [0.2, 0.25) is 10.0 Å². The molecule has 0 radical (unpaired) electrons. The van der Waals surface area contributed by atoms with E-state index in [9.17, 15) is 13.2 Å². The van der Waals surface area contributed by atoms with E-state index in [1.165, 1.54) is 0 Å². The Kier molecular flexibility index (Phi) is 5.28. The monoisotopic (exact) mass is 527 g/mol. The average molecular weight is 528 g/mol. The molecule has 0 aliphatic carbocycles. The van der Waals surface area contributed by atoms with E-state index in [0.717, 1.165) is 56.7 Å². The fraction of sp³-hybridized carbons (Fsp3) is 0.148. The third-order valence-electron chi connectivity index (χ3n) is 6.74. The summed E-state index contributed by atoms with van der Waals surface area (Å²) in [5.41, 5.74) is 7.40. The van der Waals surface area contributed by atoms with Gasteiger partial charge in [0.05, 0.1) is 40.8 Å². The first-order valence-corrected chi connectivity index (χ1v) is 13.7. The summed E-state index contributed by atoms with van der Waals surface area (Å²) >= 11 is 0. The molecule has 10 nitrogen and oxygen atoms in total. The van der Waals surface area contributed by atoms with Crippen LogP contribution < -0.4 is 10.4 Å². The standard InChI is InChI=1S/C27H25N7O3S/c1-31-16-28-15-25(31)26-29-21-13-18(17-5-8-19(9-6-17)30-38(4,36)37)7-11-22(21)34(26)20-10-12-23-24(14-20)33(3)27(35)32(23)2/h5-16,30H,1-4H3. The van der Waals surface area contributed by atoms with Crippen molar-refractivity contribution in [3.8, 4) is 28.3 Å². The minimum Gasteiger partial charge on any atom is -0.331 e. The Hall–Kier alpha value is -4.64. The molecule has 3 heterocycles. The minimum atomic E-state index is -3.34. The van der Waals surface area contributed by atoms with Crippen molar-refractivity contribution in [3.63, 3.8) is 0 Å². The Morgan fingerprint density at radius 3 is 2.18 bits per heavy atom. The first-order chi connectivity index (χ1) is 18.1. The molecule has 192 valence electrons. The number of benzene rings is 3. The fourth-order valence-corrected chi connectivity index (χ4v) is 5.41. The predicted molar refractivity (Wildman–Crippen MR) is 149 cm³/mol. The molecule has 1 N–H and O–H groups in total. The van der Waals surface area contributed by atoms with Crippen molar-refractivity contribution in [1.29, 1.82) is 0 Å².